The van der Waals surface area contributed by atoms with E-state index in [1.54, 1.807) is 0 Å². The molecule has 0 amide bonds. The molecule has 2 saturated heterocycles. The van der Waals surface area contributed by atoms with Gasteiger partial charge in [-0.3, -0.25) is 10.00 Å². The molecule has 82 valence electrons. The molecule has 3 rings (SSSR count). The molecule has 4 nitrogen and oxygen atoms in total. The Morgan fingerprint density at radius 2 is 2.13 bits per heavy atom. The fourth-order valence-electron chi connectivity index (χ4n) is 2.86. The number of hydrogen-bond acceptors (Lipinski definition) is 3. The summed E-state index contributed by atoms with van der Waals surface area (Å²) in [6.45, 7) is 8.10. The highest BCUT2D eigenvalue weighted by Gasteiger charge is 2.35. The van der Waals surface area contributed by atoms with E-state index in [0.29, 0.717) is 0 Å². The van der Waals surface area contributed by atoms with Crippen LogP contribution in [-0.4, -0.2) is 41.3 Å². The second-order valence-corrected chi connectivity index (χ2v) is 4.89. The number of aryl methyl sites for hydroxylation is 1. The van der Waals surface area contributed by atoms with Gasteiger partial charge in [0.05, 0.1) is 6.20 Å². The molecule has 1 aromatic rings. The van der Waals surface area contributed by atoms with Crippen LogP contribution in [0.5, 0.6) is 0 Å². The molecule has 0 unspecified atom stereocenters. The van der Waals surface area contributed by atoms with Crippen LogP contribution in [0.25, 0.3) is 0 Å². The van der Waals surface area contributed by atoms with E-state index in [1.165, 1.54) is 37.4 Å². The minimum Gasteiger partial charge on any atom is -0.316 e. The molecule has 2 fully saturated rings. The zero-order valence-electron chi connectivity index (χ0n) is 9.16. The maximum Gasteiger partial charge on any atom is 0.0535 e. The zero-order chi connectivity index (χ0) is 10.3. The highest BCUT2D eigenvalue weighted by Crippen LogP contribution is 2.27. The van der Waals surface area contributed by atoms with Gasteiger partial charge in [-0.15, -0.1) is 0 Å². The molecular weight excluding hydrogens is 188 g/mol. The normalized spacial score (nSPS) is 31.0. The Balaban J connectivity index is 1.64. The summed E-state index contributed by atoms with van der Waals surface area (Å²) in [5.41, 5.74) is 2.56. The van der Waals surface area contributed by atoms with Crippen molar-refractivity contribution in [3.8, 4) is 0 Å². The smallest absolute Gasteiger partial charge is 0.0535 e. The number of nitrogens with zero attached hydrogens (tertiary/aromatic N) is 2. The molecule has 1 aromatic heterocycles. The first-order valence-electron chi connectivity index (χ1n) is 5.75. The Morgan fingerprint density at radius 1 is 1.40 bits per heavy atom. The van der Waals surface area contributed by atoms with Gasteiger partial charge in [-0.25, -0.2) is 0 Å². The van der Waals surface area contributed by atoms with Crippen LogP contribution in [0.1, 0.15) is 11.3 Å². The van der Waals surface area contributed by atoms with E-state index in [9.17, 15) is 0 Å². The average Bonchev–Trinajstić information content (AvgIpc) is 2.83. The second kappa shape index (κ2) is 3.61. The molecule has 2 N–H and O–H groups in total. The number of aromatic amines is 1. The van der Waals surface area contributed by atoms with Crippen molar-refractivity contribution in [2.45, 2.75) is 13.5 Å². The summed E-state index contributed by atoms with van der Waals surface area (Å²) in [5.74, 6) is 1.77. The summed E-state index contributed by atoms with van der Waals surface area (Å²) in [4.78, 5) is 2.56. The van der Waals surface area contributed by atoms with Gasteiger partial charge >= 0.3 is 0 Å². The Kier molecular flexibility index (Phi) is 2.25. The van der Waals surface area contributed by atoms with Gasteiger partial charge in [0.15, 0.2) is 0 Å². The molecule has 0 spiro atoms. The first-order valence-corrected chi connectivity index (χ1v) is 5.75. The van der Waals surface area contributed by atoms with Crippen LogP contribution in [0, 0.1) is 18.8 Å². The molecule has 0 bridgehead atoms. The number of nitrogens with one attached hydrogen (secondary N) is 2. The van der Waals surface area contributed by atoms with Crippen LogP contribution in [0.2, 0.25) is 0 Å². The lowest BCUT2D eigenvalue weighted by molar-refractivity contribution is 0.305. The van der Waals surface area contributed by atoms with Gasteiger partial charge in [0.1, 0.15) is 0 Å². The zero-order valence-corrected chi connectivity index (χ0v) is 9.16. The van der Waals surface area contributed by atoms with Crippen LogP contribution >= 0.6 is 0 Å². The Bertz CT molecular complexity index is 334. The average molecular weight is 206 g/mol. The highest BCUT2D eigenvalue weighted by atomic mass is 15.2. The fraction of sp³-hybridized carbons (Fsp3) is 0.727. The van der Waals surface area contributed by atoms with Gasteiger partial charge < -0.3 is 5.32 Å². The Labute approximate surface area is 90.0 Å². The maximum atomic E-state index is 4.07. The number of hydrogen-bond donors (Lipinski definition) is 2. The van der Waals surface area contributed by atoms with Crippen molar-refractivity contribution in [1.82, 2.24) is 20.4 Å². The molecule has 3 heterocycles. The van der Waals surface area contributed by atoms with Crippen molar-refractivity contribution in [2.75, 3.05) is 26.2 Å². The van der Waals surface area contributed by atoms with Crippen LogP contribution in [0.4, 0.5) is 0 Å². The first kappa shape index (κ1) is 9.36. The lowest BCUT2D eigenvalue weighted by Gasteiger charge is -2.16. The first-order chi connectivity index (χ1) is 7.33. The van der Waals surface area contributed by atoms with Crippen LogP contribution in [0.15, 0.2) is 6.20 Å². The third-order valence-electron chi connectivity index (χ3n) is 3.79. The minimum atomic E-state index is 0.886. The second-order valence-electron chi connectivity index (χ2n) is 4.89. The lowest BCUT2D eigenvalue weighted by Crippen LogP contribution is -2.25. The number of rotatable bonds is 2. The summed E-state index contributed by atoms with van der Waals surface area (Å²) in [6, 6.07) is 0. The molecule has 2 atom stereocenters. The number of likely N-dealkylation sites (tertiary alicyclic amines) is 1. The maximum absolute atomic E-state index is 4.07. The molecule has 2 aliphatic rings. The van der Waals surface area contributed by atoms with Crippen molar-refractivity contribution >= 4 is 0 Å². The van der Waals surface area contributed by atoms with E-state index in [-0.39, 0.29) is 0 Å². The lowest BCUT2D eigenvalue weighted by atomic mass is 10.0. The fourth-order valence-corrected chi connectivity index (χ4v) is 2.86. The molecular formula is C11H18N4. The molecule has 0 saturated carbocycles. The van der Waals surface area contributed by atoms with E-state index in [4.69, 9.17) is 0 Å². The summed E-state index contributed by atoms with van der Waals surface area (Å²) in [5, 5.41) is 10.5. The third kappa shape index (κ3) is 1.68. The van der Waals surface area contributed by atoms with Gasteiger partial charge in [0.25, 0.3) is 0 Å². The van der Waals surface area contributed by atoms with E-state index in [2.05, 4.69) is 27.3 Å². The van der Waals surface area contributed by atoms with Gasteiger partial charge in [-0.05, 0) is 31.8 Å². The molecule has 4 heteroatoms. The van der Waals surface area contributed by atoms with Crippen molar-refractivity contribution < 1.29 is 0 Å². The number of fused-ring (bicyclic) bond motifs is 1. The predicted molar refractivity (Wildman–Crippen MR) is 58.5 cm³/mol. The largest absolute Gasteiger partial charge is 0.316 e. The van der Waals surface area contributed by atoms with Crippen molar-refractivity contribution in [3.63, 3.8) is 0 Å². The van der Waals surface area contributed by atoms with E-state index >= 15 is 0 Å². The minimum absolute atomic E-state index is 0.886. The van der Waals surface area contributed by atoms with Crippen LogP contribution in [-0.2, 0) is 6.54 Å². The molecule has 0 aromatic carbocycles. The Hall–Kier alpha value is -0.870. The monoisotopic (exact) mass is 206 g/mol. The standard InChI is InChI=1S/C11H18N4/c1-8-9(4-13-14-8)5-15-6-10-2-12-3-11(10)7-15/h4,10-12H,2-3,5-7H2,1H3,(H,13,14)/t10-,11+. The molecule has 0 radical (unpaired) electrons. The van der Waals surface area contributed by atoms with E-state index in [0.717, 1.165) is 18.4 Å². The van der Waals surface area contributed by atoms with Crippen molar-refractivity contribution in [2.24, 2.45) is 11.8 Å². The van der Waals surface area contributed by atoms with Gasteiger partial charge in [-0.1, -0.05) is 0 Å². The molecule has 0 aliphatic carbocycles. The van der Waals surface area contributed by atoms with Gasteiger partial charge in [0, 0.05) is 30.9 Å². The third-order valence-corrected chi connectivity index (χ3v) is 3.79. The summed E-state index contributed by atoms with van der Waals surface area (Å²) in [7, 11) is 0. The van der Waals surface area contributed by atoms with E-state index in [1.807, 2.05) is 6.20 Å². The number of aromatic nitrogens is 2. The van der Waals surface area contributed by atoms with Gasteiger partial charge in [-0.2, -0.15) is 5.10 Å². The molecule has 15 heavy (non-hydrogen) atoms. The number of H-pyrrole nitrogens is 1. The van der Waals surface area contributed by atoms with Crippen LogP contribution < -0.4 is 5.32 Å². The van der Waals surface area contributed by atoms with E-state index < -0.39 is 0 Å². The quantitative estimate of drug-likeness (QED) is 0.735. The van der Waals surface area contributed by atoms with Crippen molar-refractivity contribution in [3.05, 3.63) is 17.5 Å². The van der Waals surface area contributed by atoms with Gasteiger partial charge in [0.2, 0.25) is 0 Å². The van der Waals surface area contributed by atoms with Crippen molar-refractivity contribution in [1.29, 1.82) is 0 Å². The topological polar surface area (TPSA) is 44.0 Å². The molecule has 2 aliphatic heterocycles. The van der Waals surface area contributed by atoms with Crippen LogP contribution in [0.3, 0.4) is 0 Å². The predicted octanol–water partition coefficient (Wildman–Crippen LogP) is 0.369. The SMILES string of the molecule is Cc1[nH]ncc1CN1C[C@H]2CNC[C@H]2C1. The summed E-state index contributed by atoms with van der Waals surface area (Å²) >= 11 is 0. The summed E-state index contributed by atoms with van der Waals surface area (Å²) < 4.78 is 0. The summed E-state index contributed by atoms with van der Waals surface area (Å²) in [6.07, 6.45) is 1.96. The highest BCUT2D eigenvalue weighted by molar-refractivity contribution is 5.14. The Morgan fingerprint density at radius 3 is 2.73 bits per heavy atom.